The first-order valence-corrected chi connectivity index (χ1v) is 4.75. The van der Waals surface area contributed by atoms with Crippen LogP contribution in [0.25, 0.3) is 0 Å². The average molecular weight is 201 g/mol. The van der Waals surface area contributed by atoms with Crippen molar-refractivity contribution in [1.82, 2.24) is 4.98 Å². The summed E-state index contributed by atoms with van der Waals surface area (Å²) in [5.74, 6) is -0.353. The van der Waals surface area contributed by atoms with E-state index in [1.807, 2.05) is 6.92 Å². The van der Waals surface area contributed by atoms with Gasteiger partial charge in [0.15, 0.2) is 11.7 Å². The number of rotatable bonds is 4. The molecule has 1 aromatic rings. The monoisotopic (exact) mass is 201 g/mol. The van der Waals surface area contributed by atoms with Crippen molar-refractivity contribution in [2.45, 2.75) is 13.8 Å². The Hall–Kier alpha value is -1.10. The lowest BCUT2D eigenvalue weighted by Gasteiger charge is -2.01. The number of thiazole rings is 1. The van der Waals surface area contributed by atoms with Crippen molar-refractivity contribution >= 4 is 17.3 Å². The predicted octanol–water partition coefficient (Wildman–Crippen LogP) is 1.39. The number of carbonyl (C=O) groups is 1. The van der Waals surface area contributed by atoms with Gasteiger partial charge in [-0.15, -0.1) is 0 Å². The molecule has 1 heterocycles. The summed E-state index contributed by atoms with van der Waals surface area (Å²) in [6, 6.07) is 0. The van der Waals surface area contributed by atoms with Gasteiger partial charge in [0.1, 0.15) is 0 Å². The minimum atomic E-state index is -0.353. The molecule has 0 aliphatic carbocycles. The molecule has 0 spiro atoms. The van der Waals surface area contributed by atoms with E-state index >= 15 is 0 Å². The second-order valence-electron chi connectivity index (χ2n) is 2.29. The number of hydrogen-bond donors (Lipinski definition) is 0. The number of nitrogens with zero attached hydrogens (tertiary/aromatic N) is 1. The molecule has 0 saturated heterocycles. The largest absolute Gasteiger partial charge is 0.471 e. The van der Waals surface area contributed by atoms with Gasteiger partial charge in [0.2, 0.25) is 0 Å². The maximum absolute atomic E-state index is 10.9. The molecule has 0 aliphatic rings. The van der Waals surface area contributed by atoms with Crippen LogP contribution in [0.15, 0.2) is 6.20 Å². The minimum Gasteiger partial charge on any atom is -0.471 e. The van der Waals surface area contributed by atoms with E-state index in [1.165, 1.54) is 11.3 Å². The van der Waals surface area contributed by atoms with E-state index < -0.39 is 0 Å². The summed E-state index contributed by atoms with van der Waals surface area (Å²) in [5.41, 5.74) is 0. The molecule has 0 saturated carbocycles. The van der Waals surface area contributed by atoms with Gasteiger partial charge in [-0.3, -0.25) is 0 Å². The lowest BCUT2D eigenvalue weighted by Crippen LogP contribution is -2.13. The topological polar surface area (TPSA) is 48.4 Å². The summed E-state index contributed by atoms with van der Waals surface area (Å²) in [5, 5.41) is 1.56. The third-order valence-corrected chi connectivity index (χ3v) is 2.06. The Morgan fingerprint density at radius 2 is 2.46 bits per heavy atom. The minimum absolute atomic E-state index is 0.0462. The molecule has 0 amide bonds. The van der Waals surface area contributed by atoms with Gasteiger partial charge < -0.3 is 9.47 Å². The Bertz CT molecular complexity index is 285. The second-order valence-corrected chi connectivity index (χ2v) is 3.49. The zero-order valence-corrected chi connectivity index (χ0v) is 8.39. The van der Waals surface area contributed by atoms with E-state index in [9.17, 15) is 4.79 Å². The van der Waals surface area contributed by atoms with Gasteiger partial charge in [0, 0.05) is 0 Å². The summed E-state index contributed by atoms with van der Waals surface area (Å²) in [6.45, 7) is 3.97. The van der Waals surface area contributed by atoms with Crippen LogP contribution in [0.2, 0.25) is 0 Å². The molecule has 72 valence electrons. The summed E-state index contributed by atoms with van der Waals surface area (Å²) < 4.78 is 9.81. The molecule has 0 aliphatic heterocycles. The molecule has 0 unspecified atom stereocenters. The maximum atomic E-state index is 10.9. The molecule has 1 rings (SSSR count). The molecule has 13 heavy (non-hydrogen) atoms. The number of carbonyl (C=O) groups excluding carboxylic acids is 1. The molecule has 0 N–H and O–H groups in total. The normalized spacial score (nSPS) is 9.69. The van der Waals surface area contributed by atoms with Gasteiger partial charge >= 0.3 is 5.97 Å². The molecule has 0 fully saturated rings. The molecular formula is C8H11NO3S. The van der Waals surface area contributed by atoms with Crippen LogP contribution in [-0.4, -0.2) is 24.2 Å². The van der Waals surface area contributed by atoms with Crippen molar-refractivity contribution in [2.75, 3.05) is 13.2 Å². The van der Waals surface area contributed by atoms with Crippen molar-refractivity contribution in [1.29, 1.82) is 0 Å². The molecule has 4 nitrogen and oxygen atoms in total. The standard InChI is InChI=1S/C8H11NO3S/c1-3-11-7(10)5-12-8-4-9-6(2)13-8/h4H,3,5H2,1-2H3. The van der Waals surface area contributed by atoms with Crippen LogP contribution in [0.3, 0.4) is 0 Å². The highest BCUT2D eigenvalue weighted by Crippen LogP contribution is 2.19. The molecule has 0 aromatic carbocycles. The van der Waals surface area contributed by atoms with Crippen LogP contribution in [0, 0.1) is 6.92 Å². The number of hydrogen-bond acceptors (Lipinski definition) is 5. The number of ether oxygens (including phenoxy) is 2. The lowest BCUT2D eigenvalue weighted by molar-refractivity contribution is -0.145. The van der Waals surface area contributed by atoms with Crippen LogP contribution in [0.5, 0.6) is 5.06 Å². The zero-order chi connectivity index (χ0) is 9.68. The summed E-state index contributed by atoms with van der Waals surface area (Å²) in [6.07, 6.45) is 1.60. The smallest absolute Gasteiger partial charge is 0.344 e. The van der Waals surface area contributed by atoms with Crippen LogP contribution in [0.1, 0.15) is 11.9 Å². The first kappa shape index (κ1) is 9.98. The second kappa shape index (κ2) is 4.81. The average Bonchev–Trinajstić information content (AvgIpc) is 2.49. The van der Waals surface area contributed by atoms with Crippen molar-refractivity contribution in [3.63, 3.8) is 0 Å². The summed E-state index contributed by atoms with van der Waals surface area (Å²) >= 11 is 1.41. The highest BCUT2D eigenvalue weighted by molar-refractivity contribution is 7.13. The highest BCUT2D eigenvalue weighted by atomic mass is 32.1. The molecule has 5 heteroatoms. The maximum Gasteiger partial charge on any atom is 0.344 e. The van der Waals surface area contributed by atoms with Gasteiger partial charge in [0.05, 0.1) is 17.8 Å². The van der Waals surface area contributed by atoms with E-state index in [0.29, 0.717) is 11.7 Å². The zero-order valence-electron chi connectivity index (χ0n) is 7.57. The third kappa shape index (κ3) is 3.42. The molecule has 0 atom stereocenters. The van der Waals surface area contributed by atoms with Gasteiger partial charge in [-0.1, -0.05) is 11.3 Å². The Kier molecular flexibility index (Phi) is 3.70. The van der Waals surface area contributed by atoms with E-state index in [4.69, 9.17) is 9.47 Å². The molecule has 0 bridgehead atoms. The number of esters is 1. The van der Waals surface area contributed by atoms with E-state index in [2.05, 4.69) is 4.98 Å². The van der Waals surface area contributed by atoms with E-state index in [0.717, 1.165) is 5.01 Å². The fraction of sp³-hybridized carbons (Fsp3) is 0.500. The third-order valence-electron chi connectivity index (χ3n) is 1.24. The van der Waals surface area contributed by atoms with Gasteiger partial charge in [-0.05, 0) is 13.8 Å². The van der Waals surface area contributed by atoms with E-state index in [1.54, 1.807) is 13.1 Å². The molecule has 0 radical (unpaired) electrons. The molecular weight excluding hydrogens is 190 g/mol. The first-order chi connectivity index (χ1) is 6.22. The SMILES string of the molecule is CCOC(=O)COc1cnc(C)s1. The van der Waals surface area contributed by atoms with Crippen LogP contribution in [0.4, 0.5) is 0 Å². The van der Waals surface area contributed by atoms with Crippen molar-refractivity contribution < 1.29 is 14.3 Å². The lowest BCUT2D eigenvalue weighted by atomic mass is 10.7. The Morgan fingerprint density at radius 1 is 1.69 bits per heavy atom. The van der Waals surface area contributed by atoms with Crippen LogP contribution < -0.4 is 4.74 Å². The summed E-state index contributed by atoms with van der Waals surface area (Å²) in [4.78, 5) is 14.8. The Labute approximate surface area is 80.5 Å². The number of aryl methyl sites for hydroxylation is 1. The van der Waals surface area contributed by atoms with Crippen LogP contribution in [-0.2, 0) is 9.53 Å². The van der Waals surface area contributed by atoms with E-state index in [-0.39, 0.29) is 12.6 Å². The quantitative estimate of drug-likeness (QED) is 0.691. The van der Waals surface area contributed by atoms with Crippen LogP contribution >= 0.6 is 11.3 Å². The van der Waals surface area contributed by atoms with Gasteiger partial charge in [-0.2, -0.15) is 0 Å². The predicted molar refractivity (Wildman–Crippen MR) is 49.0 cm³/mol. The molecule has 1 aromatic heterocycles. The fourth-order valence-electron chi connectivity index (χ4n) is 0.741. The Morgan fingerprint density at radius 3 is 3.00 bits per heavy atom. The fourth-order valence-corrected chi connectivity index (χ4v) is 1.36. The first-order valence-electron chi connectivity index (χ1n) is 3.93. The van der Waals surface area contributed by atoms with Crippen molar-refractivity contribution in [2.24, 2.45) is 0 Å². The van der Waals surface area contributed by atoms with Crippen molar-refractivity contribution in [3.8, 4) is 5.06 Å². The summed E-state index contributed by atoms with van der Waals surface area (Å²) in [7, 11) is 0. The van der Waals surface area contributed by atoms with Gasteiger partial charge in [-0.25, -0.2) is 9.78 Å². The number of aromatic nitrogens is 1. The van der Waals surface area contributed by atoms with Crippen molar-refractivity contribution in [3.05, 3.63) is 11.2 Å². The van der Waals surface area contributed by atoms with Gasteiger partial charge in [0.25, 0.3) is 0 Å². The highest BCUT2D eigenvalue weighted by Gasteiger charge is 2.04. The Balaban J connectivity index is 2.30.